The average molecular weight is 130 g/mol. The summed E-state index contributed by atoms with van der Waals surface area (Å²) in [7, 11) is 1.84. The van der Waals surface area contributed by atoms with Crippen LogP contribution in [0, 0.1) is 0 Å². The Balaban J connectivity index is 2.41. The molecule has 1 aliphatic carbocycles. The number of likely N-dealkylation sites (N-methyl/N-ethyl adjacent to an activating group) is 1. The molecule has 0 aliphatic heterocycles. The van der Waals surface area contributed by atoms with E-state index >= 15 is 0 Å². The minimum Gasteiger partial charge on any atom is -0.325 e. The van der Waals surface area contributed by atoms with Crippen LogP contribution in [0.4, 0.5) is 0 Å². The summed E-state index contributed by atoms with van der Waals surface area (Å²) in [6.45, 7) is 0. The van der Waals surface area contributed by atoms with Crippen LogP contribution in [-0.4, -0.2) is 31.2 Å². The maximum atomic E-state index is 5.60. The van der Waals surface area contributed by atoms with Crippen molar-refractivity contribution in [3.8, 4) is 0 Å². The van der Waals surface area contributed by atoms with Crippen LogP contribution in [-0.2, 0) is 0 Å². The number of nitrogens with one attached hydrogen (secondary N) is 1. The summed E-state index contributed by atoms with van der Waals surface area (Å²) in [5.41, 5.74) is 16.7. The molecule has 1 rings (SSSR count). The lowest BCUT2D eigenvalue weighted by Crippen LogP contribution is -2.78. The third-order valence-electron chi connectivity index (χ3n) is 2.05. The van der Waals surface area contributed by atoms with Crippen molar-refractivity contribution in [2.75, 3.05) is 7.05 Å². The van der Waals surface area contributed by atoms with Crippen molar-refractivity contribution in [1.29, 1.82) is 0 Å². The first kappa shape index (κ1) is 6.95. The van der Waals surface area contributed by atoms with Crippen molar-refractivity contribution in [2.24, 2.45) is 17.2 Å². The van der Waals surface area contributed by atoms with Gasteiger partial charge in [-0.25, -0.2) is 0 Å². The van der Waals surface area contributed by atoms with E-state index in [0.29, 0.717) is 0 Å². The Bertz CT molecular complexity index is 95.1. The van der Waals surface area contributed by atoms with E-state index in [-0.39, 0.29) is 24.2 Å². The fourth-order valence-corrected chi connectivity index (χ4v) is 1.23. The van der Waals surface area contributed by atoms with Gasteiger partial charge in [-0.05, 0) is 7.05 Å². The largest absolute Gasteiger partial charge is 0.325 e. The highest BCUT2D eigenvalue weighted by Gasteiger charge is 2.42. The van der Waals surface area contributed by atoms with Gasteiger partial charge in [-0.1, -0.05) is 0 Å². The predicted octanol–water partition coefficient (Wildman–Crippen LogP) is -2.43. The normalized spacial score (nSPS) is 50.7. The summed E-state index contributed by atoms with van der Waals surface area (Å²) < 4.78 is 0. The summed E-state index contributed by atoms with van der Waals surface area (Å²) in [5.74, 6) is 0. The fourth-order valence-electron chi connectivity index (χ4n) is 1.23. The molecule has 0 radical (unpaired) electrons. The molecule has 54 valence electrons. The van der Waals surface area contributed by atoms with E-state index in [1.807, 2.05) is 7.05 Å². The molecule has 0 aromatic heterocycles. The van der Waals surface area contributed by atoms with E-state index in [4.69, 9.17) is 17.2 Å². The van der Waals surface area contributed by atoms with Crippen LogP contribution in [0.2, 0.25) is 0 Å². The zero-order valence-corrected chi connectivity index (χ0v) is 5.54. The van der Waals surface area contributed by atoms with Gasteiger partial charge in [0.2, 0.25) is 0 Å². The molecule has 0 aromatic carbocycles. The van der Waals surface area contributed by atoms with E-state index in [0.717, 1.165) is 0 Å². The second-order valence-electron chi connectivity index (χ2n) is 2.55. The van der Waals surface area contributed by atoms with Crippen LogP contribution < -0.4 is 22.5 Å². The molecule has 0 spiro atoms. The minimum absolute atomic E-state index is 0.0255. The first-order chi connectivity index (χ1) is 4.18. The van der Waals surface area contributed by atoms with E-state index in [2.05, 4.69) is 5.32 Å². The second-order valence-corrected chi connectivity index (χ2v) is 2.55. The quantitative estimate of drug-likeness (QED) is 0.318. The lowest BCUT2D eigenvalue weighted by Gasteiger charge is -2.46. The highest BCUT2D eigenvalue weighted by Crippen LogP contribution is 2.14. The standard InChI is InChI=1S/C5H14N4/c1-9-5-3(7)2(6)4(5)8/h2-5,9H,6-8H2,1H3. The van der Waals surface area contributed by atoms with Gasteiger partial charge in [0.25, 0.3) is 0 Å². The highest BCUT2D eigenvalue weighted by atomic mass is 15.1. The van der Waals surface area contributed by atoms with Crippen molar-refractivity contribution in [1.82, 2.24) is 5.32 Å². The number of hydrogen-bond acceptors (Lipinski definition) is 4. The molecule has 0 aromatic rings. The molecule has 1 fully saturated rings. The summed E-state index contributed by atoms with van der Waals surface area (Å²) in [4.78, 5) is 0. The van der Waals surface area contributed by atoms with Gasteiger partial charge in [-0.3, -0.25) is 0 Å². The zero-order chi connectivity index (χ0) is 7.02. The Morgan fingerprint density at radius 3 is 1.67 bits per heavy atom. The van der Waals surface area contributed by atoms with Gasteiger partial charge < -0.3 is 22.5 Å². The maximum Gasteiger partial charge on any atom is 0.0400 e. The van der Waals surface area contributed by atoms with Gasteiger partial charge >= 0.3 is 0 Å². The van der Waals surface area contributed by atoms with Crippen LogP contribution >= 0.6 is 0 Å². The monoisotopic (exact) mass is 130 g/mol. The molecule has 0 bridgehead atoms. The number of rotatable bonds is 1. The molecule has 0 saturated heterocycles. The summed E-state index contributed by atoms with van der Waals surface area (Å²) in [6, 6.07) is 0.248. The van der Waals surface area contributed by atoms with Gasteiger partial charge in [0.05, 0.1) is 0 Å². The van der Waals surface area contributed by atoms with E-state index < -0.39 is 0 Å². The minimum atomic E-state index is -0.0255. The smallest absolute Gasteiger partial charge is 0.0400 e. The van der Waals surface area contributed by atoms with E-state index in [1.165, 1.54) is 0 Å². The van der Waals surface area contributed by atoms with Gasteiger partial charge in [-0.15, -0.1) is 0 Å². The second kappa shape index (κ2) is 2.22. The lowest BCUT2D eigenvalue weighted by molar-refractivity contribution is 0.207. The molecule has 2 atom stereocenters. The predicted molar refractivity (Wildman–Crippen MR) is 36.8 cm³/mol. The van der Waals surface area contributed by atoms with Crippen LogP contribution in [0.25, 0.3) is 0 Å². The van der Waals surface area contributed by atoms with E-state index in [9.17, 15) is 0 Å². The first-order valence-electron chi connectivity index (χ1n) is 3.12. The van der Waals surface area contributed by atoms with Gasteiger partial charge in [0.15, 0.2) is 0 Å². The molecule has 0 heterocycles. The fraction of sp³-hybridized carbons (Fsp3) is 1.00. The molecule has 2 unspecified atom stereocenters. The van der Waals surface area contributed by atoms with Crippen molar-refractivity contribution in [3.63, 3.8) is 0 Å². The Morgan fingerprint density at radius 2 is 1.44 bits per heavy atom. The number of nitrogens with two attached hydrogens (primary N) is 3. The molecule has 7 N–H and O–H groups in total. The maximum absolute atomic E-state index is 5.60. The first-order valence-corrected chi connectivity index (χ1v) is 3.12. The Kier molecular flexibility index (Phi) is 1.72. The van der Waals surface area contributed by atoms with Crippen LogP contribution in [0.3, 0.4) is 0 Å². The molecule has 1 aliphatic rings. The summed E-state index contributed by atoms with van der Waals surface area (Å²) in [6.07, 6.45) is 0. The van der Waals surface area contributed by atoms with Gasteiger partial charge in [0, 0.05) is 24.2 Å². The molecule has 1 saturated carbocycles. The SMILES string of the molecule is CNC1C(N)C(N)C1N. The Labute approximate surface area is 54.8 Å². The zero-order valence-electron chi connectivity index (χ0n) is 5.54. The Hall–Kier alpha value is -0.160. The third-order valence-corrected chi connectivity index (χ3v) is 2.05. The molecular formula is C5H14N4. The number of hydrogen-bond donors (Lipinski definition) is 4. The highest BCUT2D eigenvalue weighted by molar-refractivity contribution is 5.10. The van der Waals surface area contributed by atoms with Crippen molar-refractivity contribution < 1.29 is 0 Å². The molecule has 0 amide bonds. The van der Waals surface area contributed by atoms with Crippen LogP contribution in [0.15, 0.2) is 0 Å². The summed E-state index contributed by atoms with van der Waals surface area (Å²) >= 11 is 0. The average Bonchev–Trinajstić information content (AvgIpc) is 1.89. The summed E-state index contributed by atoms with van der Waals surface area (Å²) in [5, 5.41) is 3.00. The topological polar surface area (TPSA) is 90.1 Å². The van der Waals surface area contributed by atoms with Gasteiger partial charge in [-0.2, -0.15) is 0 Å². The lowest BCUT2D eigenvalue weighted by atomic mass is 9.77. The third kappa shape index (κ3) is 0.840. The molecule has 4 nitrogen and oxygen atoms in total. The van der Waals surface area contributed by atoms with Crippen molar-refractivity contribution >= 4 is 0 Å². The van der Waals surface area contributed by atoms with E-state index in [1.54, 1.807) is 0 Å². The van der Waals surface area contributed by atoms with Crippen LogP contribution in [0.1, 0.15) is 0 Å². The van der Waals surface area contributed by atoms with Crippen molar-refractivity contribution in [2.45, 2.75) is 24.2 Å². The molecule has 9 heavy (non-hydrogen) atoms. The van der Waals surface area contributed by atoms with Gasteiger partial charge in [0.1, 0.15) is 0 Å². The van der Waals surface area contributed by atoms with Crippen LogP contribution in [0.5, 0.6) is 0 Å². The Morgan fingerprint density at radius 1 is 1.00 bits per heavy atom. The molecule has 4 heteroatoms. The van der Waals surface area contributed by atoms with Crippen molar-refractivity contribution in [3.05, 3.63) is 0 Å². The molecular weight excluding hydrogens is 116 g/mol.